The number of benzene rings is 1. The highest BCUT2D eigenvalue weighted by atomic mass is 127. The van der Waals surface area contributed by atoms with Gasteiger partial charge >= 0.3 is 0 Å². The molecule has 0 radical (unpaired) electrons. The van der Waals surface area contributed by atoms with Gasteiger partial charge in [-0.05, 0) is 28.7 Å². The van der Waals surface area contributed by atoms with Crippen molar-refractivity contribution in [3.63, 3.8) is 0 Å². The van der Waals surface area contributed by atoms with Crippen molar-refractivity contribution < 1.29 is 13.9 Å². The van der Waals surface area contributed by atoms with E-state index in [1.54, 1.807) is 22.6 Å². The minimum absolute atomic E-state index is 0.00537. The molecule has 0 spiro atoms. The molecule has 0 unspecified atom stereocenters. The molecule has 0 amide bonds. The molecular weight excluding hydrogens is 300 g/mol. The number of hydrogen-bond acceptors (Lipinski definition) is 1. The Morgan fingerprint density at radius 2 is 2.00 bits per heavy atom. The van der Waals surface area contributed by atoms with Crippen LogP contribution in [0.4, 0.5) is 8.78 Å². The third-order valence-electron chi connectivity index (χ3n) is 1.35. The summed E-state index contributed by atoms with van der Waals surface area (Å²) in [6.45, 7) is -0.484. The lowest BCUT2D eigenvalue weighted by atomic mass is 10.2. The molecule has 0 heterocycles. The largest absolute Gasteiger partial charge is 0.392 e. The van der Waals surface area contributed by atoms with Crippen LogP contribution in [0, 0.1) is 15.2 Å². The first kappa shape index (κ1) is 10.1. The van der Waals surface area contributed by atoms with Gasteiger partial charge in [0.2, 0.25) is 0 Å². The molecule has 0 aliphatic heterocycles. The summed E-state index contributed by atoms with van der Waals surface area (Å²) in [7, 11) is 0. The van der Waals surface area contributed by atoms with Gasteiger partial charge in [-0.3, -0.25) is 0 Å². The Bertz CT molecular complexity index is 317. The molecule has 0 atom stereocenters. The lowest BCUT2D eigenvalue weighted by Crippen LogP contribution is -1.96. The molecule has 1 rings (SSSR count). The van der Waals surface area contributed by atoms with Crippen LogP contribution in [0.15, 0.2) is 6.07 Å². The van der Waals surface area contributed by atoms with E-state index in [2.05, 4.69) is 0 Å². The fraction of sp³-hybridized carbons (Fsp3) is 0.143. The molecule has 0 aliphatic rings. The van der Waals surface area contributed by atoms with Gasteiger partial charge in [-0.15, -0.1) is 0 Å². The first-order valence-corrected chi connectivity index (χ1v) is 4.46. The van der Waals surface area contributed by atoms with E-state index in [0.717, 1.165) is 0 Å². The predicted octanol–water partition coefficient (Wildman–Crippen LogP) is 2.72. The Balaban J connectivity index is 3.39. The molecule has 0 fully saturated rings. The van der Waals surface area contributed by atoms with E-state index in [4.69, 9.17) is 16.7 Å². The quantitative estimate of drug-likeness (QED) is 0.480. The SMILES string of the molecule is OCc1cc(I)c(F)c(Cl)c1F. The zero-order valence-electron chi connectivity index (χ0n) is 5.74. The minimum atomic E-state index is -0.892. The van der Waals surface area contributed by atoms with Crippen LogP contribution >= 0.6 is 34.2 Å². The molecule has 0 aromatic heterocycles. The summed E-state index contributed by atoms with van der Waals surface area (Å²) in [5, 5.41) is 8.07. The molecule has 0 saturated carbocycles. The Morgan fingerprint density at radius 3 is 2.50 bits per heavy atom. The normalized spacial score (nSPS) is 10.4. The van der Waals surface area contributed by atoms with Crippen LogP contribution in [0.25, 0.3) is 0 Å². The van der Waals surface area contributed by atoms with Gasteiger partial charge in [-0.2, -0.15) is 0 Å². The molecule has 1 N–H and O–H groups in total. The van der Waals surface area contributed by atoms with Crippen LogP contribution in [-0.4, -0.2) is 5.11 Å². The molecule has 5 heteroatoms. The van der Waals surface area contributed by atoms with E-state index in [0.29, 0.717) is 0 Å². The van der Waals surface area contributed by atoms with Gasteiger partial charge in [-0.25, -0.2) is 8.78 Å². The van der Waals surface area contributed by atoms with Crippen molar-refractivity contribution in [1.29, 1.82) is 0 Å². The molecule has 0 bridgehead atoms. The summed E-state index contributed by atoms with van der Waals surface area (Å²) in [6.07, 6.45) is 0. The first-order valence-electron chi connectivity index (χ1n) is 3.00. The average Bonchev–Trinajstić information content (AvgIpc) is 2.08. The van der Waals surface area contributed by atoms with E-state index < -0.39 is 23.3 Å². The van der Waals surface area contributed by atoms with Crippen LogP contribution in [0.2, 0.25) is 5.02 Å². The van der Waals surface area contributed by atoms with E-state index in [9.17, 15) is 8.78 Å². The smallest absolute Gasteiger partial charge is 0.158 e. The maximum atomic E-state index is 12.9. The molecule has 1 aromatic rings. The van der Waals surface area contributed by atoms with Crippen molar-refractivity contribution in [3.8, 4) is 0 Å². The van der Waals surface area contributed by atoms with Crippen LogP contribution in [0.5, 0.6) is 0 Å². The summed E-state index contributed by atoms with van der Waals surface area (Å²) in [4.78, 5) is 0. The van der Waals surface area contributed by atoms with Crippen molar-refractivity contribution in [1.82, 2.24) is 0 Å². The highest BCUT2D eigenvalue weighted by molar-refractivity contribution is 14.1. The van der Waals surface area contributed by atoms with Crippen molar-refractivity contribution in [3.05, 3.63) is 31.9 Å². The molecular formula is C7H4ClF2IO. The van der Waals surface area contributed by atoms with Crippen LogP contribution in [0.1, 0.15) is 5.56 Å². The standard InChI is InChI=1S/C7H4ClF2IO/c8-5-6(9)3(2-12)1-4(11)7(5)10/h1,12H,2H2. The van der Waals surface area contributed by atoms with Crippen molar-refractivity contribution in [2.45, 2.75) is 6.61 Å². The summed E-state index contributed by atoms with van der Waals surface area (Å²) >= 11 is 6.98. The Labute approximate surface area is 86.5 Å². The van der Waals surface area contributed by atoms with Gasteiger partial charge in [0.05, 0.1) is 10.2 Å². The summed E-state index contributed by atoms with van der Waals surface area (Å²) < 4.78 is 26.0. The second kappa shape index (κ2) is 3.85. The molecule has 12 heavy (non-hydrogen) atoms. The van der Waals surface area contributed by atoms with Gasteiger partial charge < -0.3 is 5.11 Å². The molecule has 1 aromatic carbocycles. The van der Waals surface area contributed by atoms with Crippen molar-refractivity contribution in [2.24, 2.45) is 0 Å². The topological polar surface area (TPSA) is 20.2 Å². The van der Waals surface area contributed by atoms with Crippen LogP contribution < -0.4 is 0 Å². The highest BCUT2D eigenvalue weighted by Gasteiger charge is 2.14. The molecule has 1 nitrogen and oxygen atoms in total. The lowest BCUT2D eigenvalue weighted by Gasteiger charge is -2.03. The van der Waals surface area contributed by atoms with Gasteiger partial charge in [0, 0.05) is 5.56 Å². The van der Waals surface area contributed by atoms with E-state index in [1.165, 1.54) is 6.07 Å². The number of rotatable bonds is 1. The summed E-state index contributed by atoms with van der Waals surface area (Å²) in [5.41, 5.74) is 0.00537. The third-order valence-corrected chi connectivity index (χ3v) is 2.47. The second-order valence-electron chi connectivity index (χ2n) is 2.12. The fourth-order valence-electron chi connectivity index (χ4n) is 0.737. The Hall–Kier alpha value is 0.0600. The second-order valence-corrected chi connectivity index (χ2v) is 3.66. The Kier molecular flexibility index (Phi) is 3.25. The van der Waals surface area contributed by atoms with Crippen molar-refractivity contribution in [2.75, 3.05) is 0 Å². The Morgan fingerprint density at radius 1 is 1.42 bits per heavy atom. The van der Waals surface area contributed by atoms with Crippen LogP contribution in [0.3, 0.4) is 0 Å². The lowest BCUT2D eigenvalue weighted by molar-refractivity contribution is 0.275. The van der Waals surface area contributed by atoms with E-state index >= 15 is 0 Å². The zero-order valence-corrected chi connectivity index (χ0v) is 8.66. The number of hydrogen-bond donors (Lipinski definition) is 1. The molecule has 0 saturated heterocycles. The monoisotopic (exact) mass is 304 g/mol. The molecule has 0 aliphatic carbocycles. The fourth-order valence-corrected chi connectivity index (χ4v) is 1.77. The van der Waals surface area contributed by atoms with E-state index in [1.807, 2.05) is 0 Å². The van der Waals surface area contributed by atoms with Gasteiger partial charge in [-0.1, -0.05) is 11.6 Å². The molecule has 66 valence electrons. The first-order chi connectivity index (χ1) is 5.57. The van der Waals surface area contributed by atoms with E-state index in [-0.39, 0.29) is 9.13 Å². The number of halogens is 4. The van der Waals surface area contributed by atoms with Gasteiger partial charge in [0.15, 0.2) is 5.82 Å². The number of aliphatic hydroxyl groups is 1. The zero-order chi connectivity index (χ0) is 9.30. The van der Waals surface area contributed by atoms with Gasteiger partial charge in [0.25, 0.3) is 0 Å². The van der Waals surface area contributed by atoms with Gasteiger partial charge in [0.1, 0.15) is 10.8 Å². The summed E-state index contributed by atoms with van der Waals surface area (Å²) in [5.74, 6) is -1.68. The van der Waals surface area contributed by atoms with Crippen molar-refractivity contribution >= 4 is 34.2 Å². The maximum Gasteiger partial charge on any atom is 0.158 e. The number of aliphatic hydroxyl groups excluding tert-OH is 1. The average molecular weight is 304 g/mol. The minimum Gasteiger partial charge on any atom is -0.392 e. The summed E-state index contributed by atoms with van der Waals surface area (Å²) in [6, 6.07) is 1.22. The third kappa shape index (κ3) is 1.70. The predicted molar refractivity (Wildman–Crippen MR) is 50.0 cm³/mol. The van der Waals surface area contributed by atoms with Crippen LogP contribution in [-0.2, 0) is 6.61 Å². The highest BCUT2D eigenvalue weighted by Crippen LogP contribution is 2.26. The maximum absolute atomic E-state index is 12.9.